The third-order valence-corrected chi connectivity index (χ3v) is 5.99. The molecule has 0 aliphatic heterocycles. The first-order valence-corrected chi connectivity index (χ1v) is 10.8. The van der Waals surface area contributed by atoms with E-state index in [0.717, 1.165) is 11.3 Å². The van der Waals surface area contributed by atoms with Gasteiger partial charge in [-0.1, -0.05) is 25.6 Å². The number of furan rings is 1. The van der Waals surface area contributed by atoms with Gasteiger partial charge in [-0.15, -0.1) is 21.5 Å². The van der Waals surface area contributed by atoms with Gasteiger partial charge in [0.15, 0.2) is 16.7 Å². The van der Waals surface area contributed by atoms with Gasteiger partial charge < -0.3 is 14.9 Å². The lowest BCUT2D eigenvalue weighted by atomic mass is 10.2. The van der Waals surface area contributed by atoms with Crippen LogP contribution in [0.2, 0.25) is 0 Å². The van der Waals surface area contributed by atoms with Gasteiger partial charge in [0.25, 0.3) is 0 Å². The Morgan fingerprint density at radius 2 is 2.28 bits per heavy atom. The Labute approximate surface area is 176 Å². The molecule has 0 saturated heterocycles. The highest BCUT2D eigenvalue weighted by molar-refractivity contribution is 7.98. The van der Waals surface area contributed by atoms with E-state index in [9.17, 15) is 10.1 Å². The summed E-state index contributed by atoms with van der Waals surface area (Å²) in [6, 6.07) is 5.73. The van der Waals surface area contributed by atoms with Crippen molar-refractivity contribution in [1.82, 2.24) is 14.8 Å². The zero-order valence-electron chi connectivity index (χ0n) is 16.3. The van der Waals surface area contributed by atoms with Crippen LogP contribution in [-0.4, -0.2) is 27.3 Å². The number of hydrogen-bond acceptors (Lipinski definition) is 9. The van der Waals surface area contributed by atoms with Gasteiger partial charge in [0.05, 0.1) is 18.4 Å². The lowest BCUT2D eigenvalue weighted by Gasteiger charge is -2.11. The van der Waals surface area contributed by atoms with Crippen LogP contribution in [0.4, 0.5) is 5.00 Å². The minimum Gasteiger partial charge on any atom is -0.462 e. The van der Waals surface area contributed by atoms with Gasteiger partial charge in [0.1, 0.15) is 15.9 Å². The van der Waals surface area contributed by atoms with Crippen molar-refractivity contribution in [2.45, 2.75) is 38.2 Å². The Bertz CT molecular complexity index is 1030. The molecule has 3 aromatic heterocycles. The molecule has 0 atom stereocenters. The molecule has 0 radical (unpaired) electrons. The number of nitrogens with zero attached hydrogens (tertiary/aromatic N) is 4. The molecule has 10 heteroatoms. The van der Waals surface area contributed by atoms with Gasteiger partial charge in [0, 0.05) is 17.9 Å². The molecular weight excluding hydrogens is 410 g/mol. The highest BCUT2D eigenvalue weighted by Gasteiger charge is 2.24. The molecule has 2 N–H and O–H groups in total. The summed E-state index contributed by atoms with van der Waals surface area (Å²) < 4.78 is 12.6. The van der Waals surface area contributed by atoms with Gasteiger partial charge in [-0.05, 0) is 25.0 Å². The molecule has 0 bridgehead atoms. The number of thiophene rings is 1. The maximum absolute atomic E-state index is 12.3. The van der Waals surface area contributed by atoms with Crippen LogP contribution in [0.1, 0.15) is 41.6 Å². The summed E-state index contributed by atoms with van der Waals surface area (Å²) in [7, 11) is 0. The predicted molar refractivity (Wildman–Crippen MR) is 112 cm³/mol. The summed E-state index contributed by atoms with van der Waals surface area (Å²) >= 11 is 2.47. The zero-order chi connectivity index (χ0) is 21.0. The summed E-state index contributed by atoms with van der Waals surface area (Å²) in [6.45, 7) is 6.89. The van der Waals surface area contributed by atoms with Crippen molar-refractivity contribution in [2.75, 3.05) is 12.3 Å². The highest BCUT2D eigenvalue weighted by atomic mass is 32.2. The summed E-state index contributed by atoms with van der Waals surface area (Å²) in [6.07, 6.45) is 1.59. The molecule has 29 heavy (non-hydrogen) atoms. The van der Waals surface area contributed by atoms with E-state index in [1.807, 2.05) is 10.6 Å². The molecule has 0 amide bonds. The fraction of sp³-hybridized carbons (Fsp3) is 0.368. The number of nitriles is 1. The lowest BCUT2D eigenvalue weighted by Crippen LogP contribution is -2.08. The molecule has 0 fully saturated rings. The van der Waals surface area contributed by atoms with Crippen LogP contribution in [0.25, 0.3) is 11.6 Å². The minimum absolute atomic E-state index is 0.250. The van der Waals surface area contributed by atoms with E-state index in [-0.39, 0.29) is 6.61 Å². The number of thioether (sulfide) groups is 1. The molecular formula is C19H21N5O3S2. The monoisotopic (exact) mass is 431 g/mol. The maximum Gasteiger partial charge on any atom is 0.348 e. The summed E-state index contributed by atoms with van der Waals surface area (Å²) in [5.74, 6) is 1.51. The van der Waals surface area contributed by atoms with Crippen LogP contribution in [0, 0.1) is 17.2 Å². The summed E-state index contributed by atoms with van der Waals surface area (Å²) in [5, 5.41) is 19.1. The molecule has 0 aliphatic rings. The van der Waals surface area contributed by atoms with Crippen molar-refractivity contribution in [2.24, 2.45) is 5.92 Å². The number of nitrogen functional groups attached to an aromatic ring is 1. The Morgan fingerprint density at radius 3 is 2.90 bits per heavy atom. The number of carbonyl (C=O) groups excluding carboxylic acids is 1. The Balaban J connectivity index is 1.92. The third kappa shape index (κ3) is 4.46. The number of nitrogens with two attached hydrogens (primary N) is 1. The van der Waals surface area contributed by atoms with Crippen molar-refractivity contribution in [1.29, 1.82) is 5.26 Å². The molecule has 0 spiro atoms. The number of esters is 1. The summed E-state index contributed by atoms with van der Waals surface area (Å²) in [4.78, 5) is 12.7. The average molecular weight is 432 g/mol. The van der Waals surface area contributed by atoms with Crippen molar-refractivity contribution >= 4 is 34.1 Å². The second-order valence-electron chi connectivity index (χ2n) is 6.56. The van der Waals surface area contributed by atoms with E-state index in [1.54, 1.807) is 19.3 Å². The first kappa shape index (κ1) is 21.0. The van der Waals surface area contributed by atoms with Crippen LogP contribution in [0.15, 0.2) is 28.0 Å². The molecule has 3 aromatic rings. The Morgan fingerprint density at radius 1 is 1.48 bits per heavy atom. The fourth-order valence-electron chi connectivity index (χ4n) is 2.76. The Kier molecular flexibility index (Phi) is 6.61. The number of anilines is 1. The van der Waals surface area contributed by atoms with E-state index in [1.165, 1.54) is 11.8 Å². The van der Waals surface area contributed by atoms with Crippen molar-refractivity contribution in [3.63, 3.8) is 0 Å². The number of aromatic nitrogens is 3. The molecule has 3 rings (SSSR count). The molecule has 8 nitrogen and oxygen atoms in total. The quantitative estimate of drug-likeness (QED) is 0.416. The Hall–Kier alpha value is -2.77. The largest absolute Gasteiger partial charge is 0.462 e. The second kappa shape index (κ2) is 9.15. The van der Waals surface area contributed by atoms with Crippen LogP contribution in [0.3, 0.4) is 0 Å². The second-order valence-corrected chi connectivity index (χ2v) is 8.55. The molecule has 0 saturated carbocycles. The van der Waals surface area contributed by atoms with E-state index >= 15 is 0 Å². The SMILES string of the molecule is CCOC(=O)c1sc(N)c(C#N)c1CSc1nnc(-c2ccco2)n1CC(C)C. The number of hydrogen-bond donors (Lipinski definition) is 1. The van der Waals surface area contributed by atoms with E-state index < -0.39 is 5.97 Å². The van der Waals surface area contributed by atoms with Gasteiger partial charge in [-0.25, -0.2) is 4.79 Å². The smallest absolute Gasteiger partial charge is 0.348 e. The van der Waals surface area contributed by atoms with E-state index in [0.29, 0.717) is 56.0 Å². The number of ether oxygens (including phenoxy) is 1. The number of rotatable bonds is 8. The first-order valence-electron chi connectivity index (χ1n) is 9.04. The third-order valence-electron chi connectivity index (χ3n) is 3.96. The normalized spacial score (nSPS) is 11.0. The van der Waals surface area contributed by atoms with Gasteiger partial charge >= 0.3 is 5.97 Å². The van der Waals surface area contributed by atoms with Crippen LogP contribution < -0.4 is 5.73 Å². The van der Waals surface area contributed by atoms with Gasteiger partial charge in [-0.3, -0.25) is 4.57 Å². The van der Waals surface area contributed by atoms with Gasteiger partial charge in [-0.2, -0.15) is 5.26 Å². The van der Waals surface area contributed by atoms with Crippen molar-refractivity contribution in [3.05, 3.63) is 34.4 Å². The molecule has 0 unspecified atom stereocenters. The summed E-state index contributed by atoms with van der Waals surface area (Å²) in [5.41, 5.74) is 6.83. The molecule has 152 valence electrons. The lowest BCUT2D eigenvalue weighted by molar-refractivity contribution is 0.0531. The number of carbonyl (C=O) groups is 1. The van der Waals surface area contributed by atoms with E-state index in [4.69, 9.17) is 14.9 Å². The fourth-order valence-corrected chi connectivity index (χ4v) is 4.76. The molecule has 3 heterocycles. The maximum atomic E-state index is 12.3. The van der Waals surface area contributed by atoms with Crippen LogP contribution >= 0.6 is 23.1 Å². The molecule has 0 aromatic carbocycles. The average Bonchev–Trinajstić information content (AvgIpc) is 3.39. The molecule has 0 aliphatic carbocycles. The minimum atomic E-state index is -0.471. The standard InChI is InChI=1S/C19H21N5O3S2/c1-4-26-18(25)15-13(12(8-20)16(21)29-15)10-28-19-23-22-17(14-6-5-7-27-14)24(19)9-11(2)3/h5-7,11H,4,9-10,21H2,1-3H3. The van der Waals surface area contributed by atoms with Crippen molar-refractivity contribution in [3.8, 4) is 17.7 Å². The van der Waals surface area contributed by atoms with Gasteiger partial charge in [0.2, 0.25) is 0 Å². The van der Waals surface area contributed by atoms with Crippen LogP contribution in [-0.2, 0) is 17.0 Å². The first-order chi connectivity index (χ1) is 14.0. The van der Waals surface area contributed by atoms with Crippen LogP contribution in [0.5, 0.6) is 0 Å². The zero-order valence-corrected chi connectivity index (χ0v) is 18.0. The topological polar surface area (TPSA) is 120 Å². The predicted octanol–water partition coefficient (Wildman–Crippen LogP) is 4.18. The van der Waals surface area contributed by atoms with Crippen molar-refractivity contribution < 1.29 is 13.9 Å². The highest BCUT2D eigenvalue weighted by Crippen LogP contribution is 2.36. The van der Waals surface area contributed by atoms with E-state index in [2.05, 4.69) is 30.1 Å².